The highest BCUT2D eigenvalue weighted by molar-refractivity contribution is 6.24. The van der Waals surface area contributed by atoms with Gasteiger partial charge in [-0.1, -0.05) is 158 Å². The summed E-state index contributed by atoms with van der Waals surface area (Å²) in [4.78, 5) is 0. The third kappa shape index (κ3) is 3.47. The molecule has 0 N–H and O–H groups in total. The van der Waals surface area contributed by atoms with Crippen molar-refractivity contribution in [3.8, 4) is 33.4 Å². The van der Waals surface area contributed by atoms with Gasteiger partial charge in [0.2, 0.25) is 0 Å². The van der Waals surface area contributed by atoms with Crippen molar-refractivity contribution in [1.82, 2.24) is 0 Å². The van der Waals surface area contributed by atoms with Crippen LogP contribution in [0.3, 0.4) is 0 Å². The molecule has 0 nitrogen and oxygen atoms in total. The lowest BCUT2D eigenvalue weighted by Crippen LogP contribution is -1.93. The van der Waals surface area contributed by atoms with Gasteiger partial charge >= 0.3 is 0 Å². The normalized spacial score (nSPS) is 13.9. The zero-order chi connectivity index (χ0) is 32.6. The van der Waals surface area contributed by atoms with E-state index in [-0.39, 0.29) is 46.5 Å². The Bertz CT molecular complexity index is 2540. The summed E-state index contributed by atoms with van der Waals surface area (Å²) in [5.41, 5.74) is 4.70. The van der Waals surface area contributed by atoms with Gasteiger partial charge in [-0.15, -0.1) is 0 Å². The third-order valence-corrected chi connectivity index (χ3v) is 7.77. The largest absolute Gasteiger partial charge is 0.0629 e. The van der Waals surface area contributed by atoms with Crippen LogP contribution >= 0.6 is 0 Å². The number of hydrogen-bond donors (Lipinski definition) is 0. The van der Waals surface area contributed by atoms with Gasteiger partial charge in [0.1, 0.15) is 0 Å². The SMILES string of the molecule is [2H]c1c([2H])c([2H])c2c(-c3ccccc3-c3c4ccccc4c(-c4cccc5ccccc45)c4ccccc34)c([2H])c([2H])c([2H])c2c1[2H]. The first-order valence-electron chi connectivity index (χ1n) is 16.8. The van der Waals surface area contributed by atoms with Crippen LogP contribution in [0.25, 0.3) is 76.5 Å². The molecule has 8 aromatic carbocycles. The van der Waals surface area contributed by atoms with Gasteiger partial charge in [0.05, 0.1) is 9.60 Å². The van der Waals surface area contributed by atoms with E-state index >= 15 is 0 Å². The molecule has 186 valence electrons. The van der Waals surface area contributed by atoms with Gasteiger partial charge in [0, 0.05) is 0 Å². The lowest BCUT2D eigenvalue weighted by Gasteiger charge is -2.20. The standard InChI is InChI=1S/C40H26/c1-3-17-29-27(13-1)15-11-25-31(29)32-19-5-6-20-34(32)40-37-23-9-7-21-35(37)39(36-22-8-10-24-38(36)40)33-26-12-16-28-14-2-4-18-30(28)33/h1-26H/i1D,3D,11D,13D,15D,17D,25D. The Labute approximate surface area is 243 Å². The molecule has 0 heterocycles. The molecule has 8 rings (SSSR count). The van der Waals surface area contributed by atoms with Gasteiger partial charge < -0.3 is 0 Å². The van der Waals surface area contributed by atoms with E-state index in [4.69, 9.17) is 9.60 Å². The van der Waals surface area contributed by atoms with Crippen LogP contribution < -0.4 is 0 Å². The van der Waals surface area contributed by atoms with Crippen LogP contribution in [0, 0.1) is 0 Å². The molecule has 0 fully saturated rings. The molecule has 0 aliphatic heterocycles. The molecular weight excluding hydrogens is 480 g/mol. The predicted octanol–water partition coefficient (Wildman–Crippen LogP) is 11.3. The first kappa shape index (κ1) is 16.7. The fourth-order valence-corrected chi connectivity index (χ4v) is 6.09. The summed E-state index contributed by atoms with van der Waals surface area (Å²) in [5, 5.41) is 6.40. The van der Waals surface area contributed by atoms with E-state index in [1.165, 1.54) is 0 Å². The zero-order valence-electron chi connectivity index (χ0n) is 28.5. The molecule has 0 bridgehead atoms. The van der Waals surface area contributed by atoms with Crippen molar-refractivity contribution < 1.29 is 9.60 Å². The molecule has 0 spiro atoms. The summed E-state index contributed by atoms with van der Waals surface area (Å²) in [7, 11) is 0. The molecule has 0 amide bonds. The molecule has 0 saturated carbocycles. The van der Waals surface area contributed by atoms with Crippen LogP contribution in [0.4, 0.5) is 0 Å². The Morgan fingerprint density at radius 2 is 0.800 bits per heavy atom. The first-order chi connectivity index (χ1) is 22.8. The Morgan fingerprint density at radius 3 is 1.52 bits per heavy atom. The van der Waals surface area contributed by atoms with Crippen LogP contribution in [0.5, 0.6) is 0 Å². The van der Waals surface area contributed by atoms with Crippen molar-refractivity contribution in [2.45, 2.75) is 0 Å². The highest BCUT2D eigenvalue weighted by atomic mass is 14.2. The highest BCUT2D eigenvalue weighted by Crippen LogP contribution is 2.47. The number of fused-ring (bicyclic) bond motifs is 4. The van der Waals surface area contributed by atoms with Gasteiger partial charge in [0.25, 0.3) is 0 Å². The Kier molecular flexibility index (Phi) is 3.85. The quantitative estimate of drug-likeness (QED) is 0.206. The Morgan fingerprint density at radius 1 is 0.300 bits per heavy atom. The minimum atomic E-state index is -0.464. The summed E-state index contributed by atoms with van der Waals surface area (Å²) in [6.45, 7) is 0. The van der Waals surface area contributed by atoms with Crippen molar-refractivity contribution in [2.75, 3.05) is 0 Å². The van der Waals surface area contributed by atoms with Crippen LogP contribution in [0.1, 0.15) is 9.60 Å². The molecule has 0 unspecified atom stereocenters. The van der Waals surface area contributed by atoms with Crippen molar-refractivity contribution in [1.29, 1.82) is 0 Å². The maximum Gasteiger partial charge on any atom is 0.0629 e. The summed E-state index contributed by atoms with van der Waals surface area (Å²) >= 11 is 0. The van der Waals surface area contributed by atoms with Crippen LogP contribution in [0.15, 0.2) is 158 Å². The van der Waals surface area contributed by atoms with Gasteiger partial charge in [-0.25, -0.2) is 0 Å². The van der Waals surface area contributed by atoms with Gasteiger partial charge in [-0.05, 0) is 76.5 Å². The summed E-state index contributed by atoms with van der Waals surface area (Å²) < 4.78 is 60.7. The number of hydrogen-bond acceptors (Lipinski definition) is 0. The van der Waals surface area contributed by atoms with Crippen molar-refractivity contribution in [3.05, 3.63) is 158 Å². The fraction of sp³-hybridized carbons (Fsp3) is 0. The van der Waals surface area contributed by atoms with Gasteiger partial charge in [-0.2, -0.15) is 0 Å². The second kappa shape index (κ2) is 9.22. The molecule has 0 aromatic heterocycles. The highest BCUT2D eigenvalue weighted by Gasteiger charge is 2.20. The lowest BCUT2D eigenvalue weighted by molar-refractivity contribution is 1.63. The second-order valence-corrected chi connectivity index (χ2v) is 9.91. The second-order valence-electron chi connectivity index (χ2n) is 9.91. The van der Waals surface area contributed by atoms with Crippen molar-refractivity contribution in [2.24, 2.45) is 0 Å². The molecule has 0 aliphatic carbocycles. The molecule has 0 radical (unpaired) electrons. The molecule has 0 atom stereocenters. The molecule has 0 saturated heterocycles. The molecule has 0 heteroatoms. The molecular formula is C40H26. The predicted molar refractivity (Wildman–Crippen MR) is 173 cm³/mol. The minimum absolute atomic E-state index is 0.0529. The summed E-state index contributed by atoms with van der Waals surface area (Å²) in [6, 6.07) is 36.2. The maximum absolute atomic E-state index is 9.10. The minimum Gasteiger partial charge on any atom is -0.0616 e. The Balaban J connectivity index is 1.55. The van der Waals surface area contributed by atoms with E-state index in [9.17, 15) is 0 Å². The van der Waals surface area contributed by atoms with E-state index in [0.717, 1.165) is 54.6 Å². The van der Waals surface area contributed by atoms with E-state index in [1.807, 2.05) is 54.6 Å². The van der Waals surface area contributed by atoms with Crippen LogP contribution in [-0.2, 0) is 0 Å². The average molecular weight is 514 g/mol. The first-order valence-corrected chi connectivity index (χ1v) is 13.3. The van der Waals surface area contributed by atoms with Crippen molar-refractivity contribution >= 4 is 43.1 Å². The monoisotopic (exact) mass is 513 g/mol. The van der Waals surface area contributed by atoms with Gasteiger partial charge in [-0.3, -0.25) is 0 Å². The van der Waals surface area contributed by atoms with Gasteiger partial charge in [0.15, 0.2) is 0 Å². The smallest absolute Gasteiger partial charge is 0.0616 e. The zero-order valence-corrected chi connectivity index (χ0v) is 21.5. The Hall–Kier alpha value is -5.20. The maximum atomic E-state index is 9.10. The van der Waals surface area contributed by atoms with E-state index in [1.54, 1.807) is 0 Å². The number of benzene rings is 8. The summed E-state index contributed by atoms with van der Waals surface area (Å²) in [5.74, 6) is 0. The van der Waals surface area contributed by atoms with Crippen molar-refractivity contribution in [3.63, 3.8) is 0 Å². The van der Waals surface area contributed by atoms with E-state index in [0.29, 0.717) is 5.56 Å². The average Bonchev–Trinajstić information content (AvgIpc) is 3.11. The third-order valence-electron chi connectivity index (χ3n) is 7.77. The topological polar surface area (TPSA) is 0 Å². The lowest BCUT2D eigenvalue weighted by atomic mass is 9.82. The molecule has 0 aliphatic rings. The van der Waals surface area contributed by atoms with E-state index in [2.05, 4.69) is 60.7 Å². The molecule has 8 aromatic rings. The molecule has 40 heavy (non-hydrogen) atoms. The number of rotatable bonds is 3. The van der Waals surface area contributed by atoms with Crippen LogP contribution in [0.2, 0.25) is 0 Å². The van der Waals surface area contributed by atoms with Crippen LogP contribution in [-0.4, -0.2) is 0 Å². The van der Waals surface area contributed by atoms with E-state index < -0.39 is 12.1 Å². The fourth-order valence-electron chi connectivity index (χ4n) is 6.09. The summed E-state index contributed by atoms with van der Waals surface area (Å²) in [6.07, 6.45) is 0.